The van der Waals surface area contributed by atoms with Gasteiger partial charge in [0.2, 0.25) is 5.56 Å². The molecule has 0 saturated carbocycles. The van der Waals surface area contributed by atoms with E-state index in [1.54, 1.807) is 12.1 Å². The lowest BCUT2D eigenvalue weighted by atomic mass is 10.1. The van der Waals surface area contributed by atoms with Crippen molar-refractivity contribution in [3.63, 3.8) is 0 Å². The van der Waals surface area contributed by atoms with Crippen LogP contribution in [0.4, 0.5) is 13.2 Å². The van der Waals surface area contributed by atoms with Crippen LogP contribution in [-0.2, 0) is 12.6 Å². The number of nitrogens with one attached hydrogen (secondary N) is 1. The van der Waals surface area contributed by atoms with Gasteiger partial charge in [0.05, 0.1) is 5.56 Å². The fraction of sp³-hybridized carbons (Fsp3) is 0.133. The van der Waals surface area contributed by atoms with Crippen LogP contribution in [-0.4, -0.2) is 15.1 Å². The standard InChI is InChI=1S/C15H10F3N3O2/c16-15(17,18)11-3-1-2-9(6-11)7-12-20-14(23-21-12)10-4-5-19-13(22)8-10/h1-6,8H,7H2,(H,19,22). The number of hydrogen-bond donors (Lipinski definition) is 1. The summed E-state index contributed by atoms with van der Waals surface area (Å²) < 4.78 is 43.1. The Morgan fingerprint density at radius 1 is 1.17 bits per heavy atom. The Bertz CT molecular complexity index is 884. The molecule has 0 aliphatic carbocycles. The maximum absolute atomic E-state index is 12.7. The highest BCUT2D eigenvalue weighted by Crippen LogP contribution is 2.29. The monoisotopic (exact) mass is 321 g/mol. The number of halogens is 3. The average molecular weight is 321 g/mol. The average Bonchev–Trinajstić information content (AvgIpc) is 2.95. The third-order valence-electron chi connectivity index (χ3n) is 3.11. The lowest BCUT2D eigenvalue weighted by Gasteiger charge is -2.07. The highest BCUT2D eigenvalue weighted by atomic mass is 19.4. The number of aromatic amines is 1. The SMILES string of the molecule is O=c1cc(-c2nc(Cc3cccc(C(F)(F)F)c3)no2)cc[nH]1. The molecule has 0 spiro atoms. The summed E-state index contributed by atoms with van der Waals surface area (Å²) in [6.07, 6.45) is -2.87. The number of aromatic nitrogens is 3. The number of nitrogens with zero attached hydrogens (tertiary/aromatic N) is 2. The van der Waals surface area contributed by atoms with E-state index < -0.39 is 11.7 Å². The molecule has 0 unspecified atom stereocenters. The molecule has 0 aliphatic rings. The second-order valence-corrected chi connectivity index (χ2v) is 4.83. The van der Waals surface area contributed by atoms with Crippen molar-refractivity contribution in [3.05, 3.63) is 69.9 Å². The van der Waals surface area contributed by atoms with E-state index in [-0.39, 0.29) is 23.7 Å². The summed E-state index contributed by atoms with van der Waals surface area (Å²) in [5, 5.41) is 3.73. The van der Waals surface area contributed by atoms with Gasteiger partial charge < -0.3 is 9.51 Å². The molecule has 0 aliphatic heterocycles. The summed E-state index contributed by atoms with van der Waals surface area (Å²) >= 11 is 0. The van der Waals surface area contributed by atoms with Crippen LogP contribution >= 0.6 is 0 Å². The lowest BCUT2D eigenvalue weighted by Crippen LogP contribution is -2.05. The summed E-state index contributed by atoms with van der Waals surface area (Å²) in [6, 6.07) is 7.81. The second-order valence-electron chi connectivity index (χ2n) is 4.83. The molecule has 0 fully saturated rings. The van der Waals surface area contributed by atoms with E-state index in [2.05, 4.69) is 15.1 Å². The van der Waals surface area contributed by atoms with Gasteiger partial charge in [0.15, 0.2) is 5.82 Å². The van der Waals surface area contributed by atoms with E-state index >= 15 is 0 Å². The third-order valence-corrected chi connectivity index (χ3v) is 3.11. The van der Waals surface area contributed by atoms with E-state index in [9.17, 15) is 18.0 Å². The van der Waals surface area contributed by atoms with Crippen molar-refractivity contribution in [2.24, 2.45) is 0 Å². The quantitative estimate of drug-likeness (QED) is 0.805. The molecule has 0 bridgehead atoms. The van der Waals surface area contributed by atoms with Gasteiger partial charge in [-0.3, -0.25) is 4.79 Å². The molecule has 0 amide bonds. The van der Waals surface area contributed by atoms with Crippen LogP contribution in [0.15, 0.2) is 51.9 Å². The number of benzene rings is 1. The molecule has 0 saturated heterocycles. The van der Waals surface area contributed by atoms with Gasteiger partial charge >= 0.3 is 6.18 Å². The Kier molecular flexibility index (Phi) is 3.73. The number of H-pyrrole nitrogens is 1. The van der Waals surface area contributed by atoms with Gasteiger partial charge in [0.25, 0.3) is 5.89 Å². The molecule has 1 aromatic carbocycles. The van der Waals surface area contributed by atoms with Crippen molar-refractivity contribution in [1.82, 2.24) is 15.1 Å². The molecule has 2 heterocycles. The van der Waals surface area contributed by atoms with Crippen LogP contribution in [0.5, 0.6) is 0 Å². The summed E-state index contributed by atoms with van der Waals surface area (Å²) in [4.78, 5) is 17.8. The lowest BCUT2D eigenvalue weighted by molar-refractivity contribution is -0.137. The van der Waals surface area contributed by atoms with Gasteiger partial charge in [0, 0.05) is 24.2 Å². The zero-order valence-corrected chi connectivity index (χ0v) is 11.6. The topological polar surface area (TPSA) is 71.8 Å². The van der Waals surface area contributed by atoms with Gasteiger partial charge in [-0.25, -0.2) is 0 Å². The van der Waals surface area contributed by atoms with Crippen molar-refractivity contribution in [2.75, 3.05) is 0 Å². The van der Waals surface area contributed by atoms with Crippen molar-refractivity contribution in [1.29, 1.82) is 0 Å². The molecular formula is C15H10F3N3O2. The normalized spacial score (nSPS) is 11.6. The first-order valence-corrected chi connectivity index (χ1v) is 6.60. The van der Waals surface area contributed by atoms with Crippen LogP contribution in [0.2, 0.25) is 0 Å². The van der Waals surface area contributed by atoms with E-state index in [1.807, 2.05) is 0 Å². The Hall–Kier alpha value is -2.90. The van der Waals surface area contributed by atoms with Crippen LogP contribution < -0.4 is 5.56 Å². The molecule has 0 radical (unpaired) electrons. The number of pyridine rings is 1. The zero-order valence-electron chi connectivity index (χ0n) is 11.6. The summed E-state index contributed by atoms with van der Waals surface area (Å²) in [5.41, 5.74) is -0.192. The van der Waals surface area contributed by atoms with Crippen LogP contribution in [0.1, 0.15) is 17.0 Å². The largest absolute Gasteiger partial charge is 0.416 e. The molecule has 3 rings (SSSR count). The van der Waals surface area contributed by atoms with E-state index in [1.165, 1.54) is 18.3 Å². The highest BCUT2D eigenvalue weighted by Gasteiger charge is 2.30. The number of rotatable bonds is 3. The van der Waals surface area contributed by atoms with Crippen molar-refractivity contribution >= 4 is 0 Å². The zero-order chi connectivity index (χ0) is 16.4. The van der Waals surface area contributed by atoms with Crippen molar-refractivity contribution < 1.29 is 17.7 Å². The summed E-state index contributed by atoms with van der Waals surface area (Å²) in [6.45, 7) is 0. The molecule has 3 aromatic rings. The predicted molar refractivity (Wildman–Crippen MR) is 74.6 cm³/mol. The minimum Gasteiger partial charge on any atom is -0.334 e. The summed E-state index contributed by atoms with van der Waals surface area (Å²) in [7, 11) is 0. The Balaban J connectivity index is 1.84. The fourth-order valence-corrected chi connectivity index (χ4v) is 2.06. The maximum Gasteiger partial charge on any atom is 0.416 e. The molecule has 118 valence electrons. The minimum absolute atomic E-state index is 0.0939. The van der Waals surface area contributed by atoms with Crippen LogP contribution in [0.3, 0.4) is 0 Å². The van der Waals surface area contributed by atoms with Gasteiger partial charge in [0.1, 0.15) is 0 Å². The Morgan fingerprint density at radius 3 is 2.74 bits per heavy atom. The van der Waals surface area contributed by atoms with Crippen LogP contribution in [0, 0.1) is 0 Å². The van der Waals surface area contributed by atoms with Gasteiger partial charge in [-0.2, -0.15) is 18.2 Å². The third kappa shape index (κ3) is 3.47. The molecule has 2 aromatic heterocycles. The predicted octanol–water partition coefficient (Wildman–Crippen LogP) is 3.03. The first-order valence-electron chi connectivity index (χ1n) is 6.60. The van der Waals surface area contributed by atoms with Crippen LogP contribution in [0.25, 0.3) is 11.5 Å². The summed E-state index contributed by atoms with van der Waals surface area (Å²) in [5.74, 6) is 0.373. The first kappa shape index (κ1) is 15.0. The molecule has 0 atom stereocenters. The van der Waals surface area contributed by atoms with Crippen molar-refractivity contribution in [2.45, 2.75) is 12.6 Å². The van der Waals surface area contributed by atoms with Gasteiger partial charge in [-0.1, -0.05) is 23.4 Å². The molecule has 5 nitrogen and oxygen atoms in total. The smallest absolute Gasteiger partial charge is 0.334 e. The van der Waals surface area contributed by atoms with Crippen molar-refractivity contribution in [3.8, 4) is 11.5 Å². The molecule has 1 N–H and O–H groups in total. The van der Waals surface area contributed by atoms with E-state index in [4.69, 9.17) is 4.52 Å². The minimum atomic E-state index is -4.40. The first-order chi connectivity index (χ1) is 10.9. The Morgan fingerprint density at radius 2 is 2.00 bits per heavy atom. The van der Waals surface area contributed by atoms with Gasteiger partial charge in [-0.15, -0.1) is 0 Å². The maximum atomic E-state index is 12.7. The highest BCUT2D eigenvalue weighted by molar-refractivity contribution is 5.51. The number of alkyl halides is 3. The van der Waals surface area contributed by atoms with Gasteiger partial charge in [-0.05, 0) is 17.7 Å². The van der Waals surface area contributed by atoms with E-state index in [0.29, 0.717) is 11.1 Å². The van der Waals surface area contributed by atoms with E-state index in [0.717, 1.165) is 12.1 Å². The second kappa shape index (κ2) is 5.71. The fourth-order valence-electron chi connectivity index (χ4n) is 2.06. The number of hydrogen-bond acceptors (Lipinski definition) is 4. The Labute approximate surface area is 127 Å². The molecule has 8 heteroatoms. The molecule has 23 heavy (non-hydrogen) atoms. The molecular weight excluding hydrogens is 311 g/mol.